The molecule has 0 amide bonds. The highest BCUT2D eigenvalue weighted by Crippen LogP contribution is 2.37. The maximum Gasteiger partial charge on any atom is 0.417 e. The Bertz CT molecular complexity index is 792. The predicted molar refractivity (Wildman–Crippen MR) is 73.7 cm³/mol. The van der Waals surface area contributed by atoms with Crippen molar-refractivity contribution in [2.24, 2.45) is 0 Å². The van der Waals surface area contributed by atoms with Crippen LogP contribution in [0.1, 0.15) is 5.56 Å². The van der Waals surface area contributed by atoms with E-state index in [1.165, 1.54) is 24.3 Å². The molecule has 22 heavy (non-hydrogen) atoms. The molecule has 0 spiro atoms. The van der Waals surface area contributed by atoms with E-state index >= 15 is 0 Å². The Morgan fingerprint density at radius 3 is 2.18 bits per heavy atom. The average molecular weight is 354 g/mol. The zero-order chi connectivity index (χ0) is 16.5. The van der Waals surface area contributed by atoms with E-state index in [-0.39, 0.29) is 11.8 Å². The van der Waals surface area contributed by atoms with E-state index in [4.69, 9.17) is 11.6 Å². The first-order chi connectivity index (χ1) is 10.1. The molecule has 0 bridgehead atoms. The highest BCUT2D eigenvalue weighted by atomic mass is 35.5. The number of hydrogen-bond donors (Lipinski definition) is 1. The summed E-state index contributed by atoms with van der Waals surface area (Å²) in [5.41, 5.74) is -1.34. The van der Waals surface area contributed by atoms with E-state index in [1.54, 1.807) is 6.07 Å². The van der Waals surface area contributed by atoms with E-state index in [9.17, 15) is 26.0 Å². The lowest BCUT2D eigenvalue weighted by atomic mass is 10.2. The van der Waals surface area contributed by atoms with Crippen LogP contribution in [0.5, 0.6) is 0 Å². The molecule has 2 aromatic carbocycles. The molecule has 0 aromatic heterocycles. The average Bonchev–Trinajstić information content (AvgIpc) is 2.37. The van der Waals surface area contributed by atoms with Gasteiger partial charge in [-0.25, -0.2) is 12.8 Å². The molecule has 2 rings (SSSR count). The Morgan fingerprint density at radius 1 is 1.05 bits per heavy atom. The fraction of sp³-hybridized carbons (Fsp3) is 0.0769. The van der Waals surface area contributed by atoms with Gasteiger partial charge in [0.05, 0.1) is 10.6 Å². The maximum atomic E-state index is 13.7. The summed E-state index contributed by atoms with van der Waals surface area (Å²) in [5, 5.41) is -0.913. The number of para-hydroxylation sites is 1. The smallest absolute Gasteiger partial charge is 0.280 e. The molecular formula is C13H8ClF4NO2S. The third kappa shape index (κ3) is 3.50. The summed E-state index contributed by atoms with van der Waals surface area (Å²) >= 11 is 5.32. The van der Waals surface area contributed by atoms with Crippen molar-refractivity contribution in [3.05, 3.63) is 58.9 Å². The van der Waals surface area contributed by atoms with Gasteiger partial charge in [-0.2, -0.15) is 13.2 Å². The van der Waals surface area contributed by atoms with Crippen LogP contribution < -0.4 is 4.72 Å². The number of benzene rings is 2. The van der Waals surface area contributed by atoms with Crippen molar-refractivity contribution >= 4 is 27.3 Å². The minimum Gasteiger partial charge on any atom is -0.280 e. The standard InChI is InChI=1S/C13H8ClF4NO2S/c14-10-7-11(15)12(6-9(10)13(16,17)18)22(20,21)19-8-4-2-1-3-5-8/h1-7,19H. The van der Waals surface area contributed by atoms with Crippen LogP contribution in [0.3, 0.4) is 0 Å². The lowest BCUT2D eigenvalue weighted by molar-refractivity contribution is -0.137. The minimum atomic E-state index is -4.90. The van der Waals surface area contributed by atoms with Crippen LogP contribution in [0.4, 0.5) is 23.2 Å². The van der Waals surface area contributed by atoms with Gasteiger partial charge in [0.2, 0.25) is 0 Å². The van der Waals surface area contributed by atoms with Crippen LogP contribution in [0.15, 0.2) is 47.4 Å². The number of rotatable bonds is 3. The molecule has 0 saturated carbocycles. The largest absolute Gasteiger partial charge is 0.417 e. The van der Waals surface area contributed by atoms with Crippen LogP contribution in [-0.2, 0) is 16.2 Å². The maximum absolute atomic E-state index is 13.7. The van der Waals surface area contributed by atoms with Gasteiger partial charge in [0, 0.05) is 5.69 Å². The Hall–Kier alpha value is -1.80. The predicted octanol–water partition coefficient (Wildman–Crippen LogP) is 4.30. The molecule has 1 N–H and O–H groups in total. The van der Waals surface area contributed by atoms with Crippen molar-refractivity contribution in [2.75, 3.05) is 4.72 Å². The van der Waals surface area contributed by atoms with Gasteiger partial charge >= 0.3 is 6.18 Å². The second kappa shape index (κ2) is 5.77. The molecule has 2 aromatic rings. The van der Waals surface area contributed by atoms with Crippen molar-refractivity contribution in [3.8, 4) is 0 Å². The van der Waals surface area contributed by atoms with Crippen LogP contribution in [0, 0.1) is 5.82 Å². The monoisotopic (exact) mass is 353 g/mol. The van der Waals surface area contributed by atoms with Gasteiger partial charge < -0.3 is 0 Å². The summed E-state index contributed by atoms with van der Waals surface area (Å²) in [6.07, 6.45) is -4.90. The highest BCUT2D eigenvalue weighted by molar-refractivity contribution is 7.92. The summed E-state index contributed by atoms with van der Waals surface area (Å²) in [4.78, 5) is -1.13. The Balaban J connectivity index is 2.52. The lowest BCUT2D eigenvalue weighted by Crippen LogP contribution is -2.16. The molecule has 0 aliphatic rings. The molecule has 0 heterocycles. The van der Waals surface area contributed by atoms with E-state index in [1.807, 2.05) is 4.72 Å². The zero-order valence-electron chi connectivity index (χ0n) is 10.7. The lowest BCUT2D eigenvalue weighted by Gasteiger charge is -2.13. The van der Waals surface area contributed by atoms with E-state index in [2.05, 4.69) is 0 Å². The topological polar surface area (TPSA) is 46.2 Å². The third-order valence-corrected chi connectivity index (χ3v) is 4.35. The van der Waals surface area contributed by atoms with Gasteiger partial charge in [-0.05, 0) is 24.3 Å². The van der Waals surface area contributed by atoms with Crippen LogP contribution in [0.25, 0.3) is 0 Å². The van der Waals surface area contributed by atoms with Crippen LogP contribution in [0.2, 0.25) is 5.02 Å². The van der Waals surface area contributed by atoms with Crippen molar-refractivity contribution in [2.45, 2.75) is 11.1 Å². The molecule has 3 nitrogen and oxygen atoms in total. The van der Waals surface area contributed by atoms with E-state index < -0.39 is 37.5 Å². The third-order valence-electron chi connectivity index (χ3n) is 2.64. The first-order valence-corrected chi connectivity index (χ1v) is 7.61. The summed E-state index contributed by atoms with van der Waals surface area (Å²) < 4.78 is 78.1. The molecule has 0 aliphatic heterocycles. The Labute approximate surface area is 128 Å². The van der Waals surface area contributed by atoms with Crippen molar-refractivity contribution < 1.29 is 26.0 Å². The van der Waals surface area contributed by atoms with Gasteiger partial charge in [-0.15, -0.1) is 0 Å². The number of hydrogen-bond acceptors (Lipinski definition) is 2. The number of halogens is 5. The Morgan fingerprint density at radius 2 is 1.64 bits per heavy atom. The van der Waals surface area contributed by atoms with Gasteiger partial charge in [0.1, 0.15) is 10.7 Å². The Kier molecular flexibility index (Phi) is 4.35. The van der Waals surface area contributed by atoms with Crippen LogP contribution in [-0.4, -0.2) is 8.42 Å². The zero-order valence-corrected chi connectivity index (χ0v) is 12.2. The summed E-state index contributed by atoms with van der Waals surface area (Å²) in [6.45, 7) is 0. The normalized spacial score (nSPS) is 12.2. The van der Waals surface area contributed by atoms with E-state index in [0.717, 1.165) is 0 Å². The summed E-state index contributed by atoms with van der Waals surface area (Å²) in [7, 11) is -4.53. The molecule has 0 unspecified atom stereocenters. The molecule has 0 atom stereocenters. The molecule has 118 valence electrons. The molecule has 0 radical (unpaired) electrons. The number of alkyl halides is 3. The highest BCUT2D eigenvalue weighted by Gasteiger charge is 2.36. The fourth-order valence-corrected chi connectivity index (χ4v) is 3.07. The van der Waals surface area contributed by atoms with E-state index in [0.29, 0.717) is 6.07 Å². The molecule has 9 heteroatoms. The molecule has 0 saturated heterocycles. The number of anilines is 1. The van der Waals surface area contributed by atoms with Crippen molar-refractivity contribution in [3.63, 3.8) is 0 Å². The quantitative estimate of drug-likeness (QED) is 0.836. The fourth-order valence-electron chi connectivity index (χ4n) is 1.67. The minimum absolute atomic E-state index is 0.0883. The SMILES string of the molecule is O=S(=O)(Nc1ccccc1)c1cc(C(F)(F)F)c(Cl)cc1F. The second-order valence-electron chi connectivity index (χ2n) is 4.23. The first kappa shape index (κ1) is 16.6. The van der Waals surface area contributed by atoms with Crippen molar-refractivity contribution in [1.82, 2.24) is 0 Å². The van der Waals surface area contributed by atoms with Gasteiger partial charge in [0.25, 0.3) is 10.0 Å². The van der Waals surface area contributed by atoms with Crippen LogP contribution >= 0.6 is 11.6 Å². The number of nitrogens with one attached hydrogen (secondary N) is 1. The molecule has 0 aliphatic carbocycles. The summed E-state index contributed by atoms with van der Waals surface area (Å²) in [5.74, 6) is -1.37. The number of sulfonamides is 1. The first-order valence-electron chi connectivity index (χ1n) is 5.75. The van der Waals surface area contributed by atoms with Crippen molar-refractivity contribution in [1.29, 1.82) is 0 Å². The van der Waals surface area contributed by atoms with Gasteiger partial charge in [-0.3, -0.25) is 4.72 Å². The molecular weight excluding hydrogens is 346 g/mol. The molecule has 0 fully saturated rings. The van der Waals surface area contributed by atoms with Gasteiger partial charge in [0.15, 0.2) is 0 Å². The van der Waals surface area contributed by atoms with Gasteiger partial charge in [-0.1, -0.05) is 29.8 Å². The second-order valence-corrected chi connectivity index (χ2v) is 6.29. The summed E-state index contributed by atoms with van der Waals surface area (Å²) in [6, 6.07) is 7.87.